The molecule has 8 nitrogen and oxygen atoms in total. The summed E-state index contributed by atoms with van der Waals surface area (Å²) in [5.74, 6) is 2.28. The van der Waals surface area contributed by atoms with Gasteiger partial charge in [-0.25, -0.2) is 13.4 Å². The van der Waals surface area contributed by atoms with Crippen molar-refractivity contribution in [3.8, 4) is 0 Å². The summed E-state index contributed by atoms with van der Waals surface area (Å²) < 4.78 is 28.2. The summed E-state index contributed by atoms with van der Waals surface area (Å²) in [5.41, 5.74) is 0. The summed E-state index contributed by atoms with van der Waals surface area (Å²) in [6, 6.07) is 0. The van der Waals surface area contributed by atoms with Gasteiger partial charge in [0.1, 0.15) is 17.5 Å². The lowest BCUT2D eigenvalue weighted by Gasteiger charge is -2.15. The molecule has 0 aromatic carbocycles. The van der Waals surface area contributed by atoms with Crippen LogP contribution in [0.15, 0.2) is 11.2 Å². The maximum absolute atomic E-state index is 12.5. The molecule has 0 unspecified atom stereocenters. The highest BCUT2D eigenvalue weighted by Gasteiger charge is 2.26. The monoisotopic (exact) mass is 310 g/mol. The summed E-state index contributed by atoms with van der Waals surface area (Å²) in [5, 5.41) is 8.29. The Bertz CT molecular complexity index is 748. The van der Waals surface area contributed by atoms with Gasteiger partial charge >= 0.3 is 0 Å². The highest BCUT2D eigenvalue weighted by molar-refractivity contribution is 7.89. The first-order valence-corrected chi connectivity index (χ1v) is 8.37. The van der Waals surface area contributed by atoms with Crippen LogP contribution in [-0.4, -0.2) is 44.5 Å². The largest absolute Gasteiger partial charge is 0.332 e. The van der Waals surface area contributed by atoms with E-state index >= 15 is 0 Å². The molecule has 0 aliphatic carbocycles. The fourth-order valence-electron chi connectivity index (χ4n) is 2.43. The van der Waals surface area contributed by atoms with E-state index in [1.165, 1.54) is 10.5 Å². The van der Waals surface area contributed by atoms with Gasteiger partial charge in [0.2, 0.25) is 0 Å². The molecule has 2 aromatic heterocycles. The van der Waals surface area contributed by atoms with E-state index < -0.39 is 10.0 Å². The van der Waals surface area contributed by atoms with Gasteiger partial charge in [0, 0.05) is 26.4 Å². The van der Waals surface area contributed by atoms with Crippen molar-refractivity contribution in [3.05, 3.63) is 23.7 Å². The summed E-state index contributed by atoms with van der Waals surface area (Å²) in [7, 11) is -2.05. The Morgan fingerprint density at radius 3 is 2.95 bits per heavy atom. The number of sulfonamides is 1. The predicted octanol–water partition coefficient (Wildman–Crippen LogP) is 0.330. The molecule has 9 heteroatoms. The Labute approximate surface area is 123 Å². The molecule has 1 aliphatic heterocycles. The van der Waals surface area contributed by atoms with E-state index in [-0.39, 0.29) is 11.6 Å². The fourth-order valence-corrected chi connectivity index (χ4v) is 3.49. The van der Waals surface area contributed by atoms with Crippen LogP contribution in [0.4, 0.5) is 0 Å². The van der Waals surface area contributed by atoms with E-state index in [9.17, 15) is 8.42 Å². The molecule has 3 heterocycles. The van der Waals surface area contributed by atoms with E-state index in [1.807, 2.05) is 11.5 Å². The quantitative estimate of drug-likeness (QED) is 0.858. The van der Waals surface area contributed by atoms with Crippen LogP contribution >= 0.6 is 0 Å². The standard InChI is InChI=1S/C12H18N6O2S/c1-3-9-13-7-12(14-9)21(19,20)17(2)8-11-16-15-10-5-4-6-18(10)11/h7H,3-6,8H2,1-2H3,(H,13,14). The second kappa shape index (κ2) is 5.23. The molecule has 21 heavy (non-hydrogen) atoms. The minimum atomic E-state index is -3.59. The van der Waals surface area contributed by atoms with Gasteiger partial charge in [-0.05, 0) is 6.42 Å². The van der Waals surface area contributed by atoms with E-state index in [4.69, 9.17) is 0 Å². The first-order chi connectivity index (χ1) is 10.0. The number of fused-ring (bicyclic) bond motifs is 1. The number of aryl methyl sites for hydroxylation is 2. The van der Waals surface area contributed by atoms with Crippen molar-refractivity contribution >= 4 is 10.0 Å². The number of hydrogen-bond acceptors (Lipinski definition) is 5. The Morgan fingerprint density at radius 1 is 1.43 bits per heavy atom. The molecule has 0 bridgehead atoms. The third-order valence-electron chi connectivity index (χ3n) is 3.68. The SMILES string of the molecule is CCc1ncc(S(=O)(=O)N(C)Cc2nnc3n2CCC3)[nH]1. The molecular formula is C12H18N6O2S. The van der Waals surface area contributed by atoms with Crippen LogP contribution < -0.4 is 0 Å². The minimum Gasteiger partial charge on any atom is -0.332 e. The molecule has 2 aromatic rings. The van der Waals surface area contributed by atoms with Gasteiger partial charge in [0.25, 0.3) is 10.0 Å². The number of aromatic nitrogens is 5. The second-order valence-electron chi connectivity index (χ2n) is 5.10. The smallest absolute Gasteiger partial charge is 0.260 e. The van der Waals surface area contributed by atoms with Gasteiger partial charge in [0.05, 0.1) is 12.7 Å². The van der Waals surface area contributed by atoms with Crippen LogP contribution in [0.1, 0.15) is 30.8 Å². The van der Waals surface area contributed by atoms with Crippen molar-refractivity contribution in [1.82, 2.24) is 29.0 Å². The number of nitrogens with zero attached hydrogens (tertiary/aromatic N) is 5. The minimum absolute atomic E-state index is 0.114. The molecule has 1 aliphatic rings. The lowest BCUT2D eigenvalue weighted by molar-refractivity contribution is 0.445. The average molecular weight is 310 g/mol. The average Bonchev–Trinajstić information content (AvgIpc) is 3.15. The number of imidazole rings is 1. The van der Waals surface area contributed by atoms with Crippen molar-refractivity contribution in [3.63, 3.8) is 0 Å². The highest BCUT2D eigenvalue weighted by atomic mass is 32.2. The number of nitrogens with one attached hydrogen (secondary N) is 1. The van der Waals surface area contributed by atoms with Crippen LogP contribution in [0.25, 0.3) is 0 Å². The first kappa shape index (κ1) is 14.2. The molecule has 0 atom stereocenters. The molecule has 0 fully saturated rings. The summed E-state index contributed by atoms with van der Waals surface area (Å²) >= 11 is 0. The molecule has 1 N–H and O–H groups in total. The summed E-state index contributed by atoms with van der Waals surface area (Å²) in [4.78, 5) is 6.88. The Kier molecular flexibility index (Phi) is 3.54. The first-order valence-electron chi connectivity index (χ1n) is 6.93. The van der Waals surface area contributed by atoms with Gasteiger partial charge in [-0.15, -0.1) is 10.2 Å². The third-order valence-corrected chi connectivity index (χ3v) is 5.39. The fraction of sp³-hybridized carbons (Fsp3) is 0.583. The molecule has 0 amide bonds. The van der Waals surface area contributed by atoms with Crippen molar-refractivity contribution < 1.29 is 8.42 Å². The normalized spacial score (nSPS) is 14.8. The van der Waals surface area contributed by atoms with Gasteiger partial charge in [-0.1, -0.05) is 6.92 Å². The molecular weight excluding hydrogens is 292 g/mol. The Balaban J connectivity index is 1.82. The maximum atomic E-state index is 12.5. The lowest BCUT2D eigenvalue weighted by atomic mass is 10.4. The molecule has 3 rings (SSSR count). The van der Waals surface area contributed by atoms with Crippen molar-refractivity contribution in [2.45, 2.75) is 44.3 Å². The molecule has 0 radical (unpaired) electrons. The zero-order chi connectivity index (χ0) is 15.0. The van der Waals surface area contributed by atoms with Crippen LogP contribution in [0.2, 0.25) is 0 Å². The zero-order valence-corrected chi connectivity index (χ0v) is 12.9. The summed E-state index contributed by atoms with van der Waals surface area (Å²) in [6.07, 6.45) is 3.97. The second-order valence-corrected chi connectivity index (χ2v) is 7.11. The summed E-state index contributed by atoms with van der Waals surface area (Å²) in [6.45, 7) is 2.98. The third kappa shape index (κ3) is 2.46. The lowest BCUT2D eigenvalue weighted by Crippen LogP contribution is -2.28. The van der Waals surface area contributed by atoms with E-state index in [0.29, 0.717) is 18.1 Å². The van der Waals surface area contributed by atoms with Crippen molar-refractivity contribution in [1.29, 1.82) is 0 Å². The Morgan fingerprint density at radius 2 is 2.24 bits per heavy atom. The topological polar surface area (TPSA) is 96.8 Å². The van der Waals surface area contributed by atoms with Crippen LogP contribution in [0, 0.1) is 0 Å². The van der Waals surface area contributed by atoms with Crippen LogP contribution in [0.3, 0.4) is 0 Å². The number of aromatic amines is 1. The van der Waals surface area contributed by atoms with E-state index in [0.717, 1.165) is 25.2 Å². The molecule has 114 valence electrons. The van der Waals surface area contributed by atoms with Crippen LogP contribution in [0.5, 0.6) is 0 Å². The van der Waals surface area contributed by atoms with Gasteiger partial charge < -0.3 is 9.55 Å². The zero-order valence-electron chi connectivity index (χ0n) is 12.1. The number of rotatable bonds is 5. The Hall–Kier alpha value is -1.74. The van der Waals surface area contributed by atoms with Crippen molar-refractivity contribution in [2.75, 3.05) is 7.05 Å². The van der Waals surface area contributed by atoms with Crippen molar-refractivity contribution in [2.24, 2.45) is 0 Å². The van der Waals surface area contributed by atoms with E-state index in [1.54, 1.807) is 7.05 Å². The maximum Gasteiger partial charge on any atom is 0.260 e. The van der Waals surface area contributed by atoms with Crippen LogP contribution in [-0.2, 0) is 36.0 Å². The molecule has 0 saturated carbocycles. The van der Waals surface area contributed by atoms with Gasteiger partial charge in [0.15, 0.2) is 5.03 Å². The van der Waals surface area contributed by atoms with E-state index in [2.05, 4.69) is 20.2 Å². The van der Waals surface area contributed by atoms with Gasteiger partial charge in [-0.3, -0.25) is 0 Å². The molecule has 0 spiro atoms. The predicted molar refractivity (Wildman–Crippen MR) is 75.0 cm³/mol. The van der Waals surface area contributed by atoms with Gasteiger partial charge in [-0.2, -0.15) is 4.31 Å². The number of hydrogen-bond donors (Lipinski definition) is 1. The molecule has 0 saturated heterocycles. The number of H-pyrrole nitrogens is 1. The highest BCUT2D eigenvalue weighted by Crippen LogP contribution is 2.18.